The molecule has 1 aromatic carbocycles. The van der Waals surface area contributed by atoms with Crippen molar-refractivity contribution in [1.29, 1.82) is 0 Å². The summed E-state index contributed by atoms with van der Waals surface area (Å²) in [5.74, 6) is -1.12. The van der Waals surface area contributed by atoms with E-state index in [0.29, 0.717) is 0 Å². The van der Waals surface area contributed by atoms with Crippen LogP contribution in [0.2, 0.25) is 5.02 Å². The largest absolute Gasteiger partial charge is 0.506 e. The smallest absolute Gasteiger partial charge is 0.319 e. The number of rotatable bonds is 1. The molecule has 4 nitrogen and oxygen atoms in total. The van der Waals surface area contributed by atoms with Crippen molar-refractivity contribution in [2.45, 2.75) is 26.3 Å². The Labute approximate surface area is 104 Å². The second-order valence-corrected chi connectivity index (χ2v) is 5.02. The van der Waals surface area contributed by atoms with Crippen LogP contribution in [0.3, 0.4) is 0 Å². The zero-order valence-corrected chi connectivity index (χ0v) is 10.5. The first kappa shape index (κ1) is 13.6. The zero-order chi connectivity index (χ0) is 13.2. The first-order valence-corrected chi connectivity index (χ1v) is 5.34. The first-order valence-electron chi connectivity index (χ1n) is 4.96. The number of urea groups is 1. The Hall–Kier alpha value is -1.49. The molecule has 0 saturated carbocycles. The third-order valence-corrected chi connectivity index (χ3v) is 2.08. The number of amides is 2. The summed E-state index contributed by atoms with van der Waals surface area (Å²) >= 11 is 5.61. The fourth-order valence-electron chi connectivity index (χ4n) is 1.13. The Balaban J connectivity index is 2.82. The fraction of sp³-hybridized carbons (Fsp3) is 0.364. The number of nitrogens with one attached hydrogen (secondary N) is 2. The molecule has 3 N–H and O–H groups in total. The molecule has 17 heavy (non-hydrogen) atoms. The van der Waals surface area contributed by atoms with E-state index in [-0.39, 0.29) is 16.5 Å². The molecule has 1 rings (SSSR count). The summed E-state index contributed by atoms with van der Waals surface area (Å²) in [6.07, 6.45) is 0. The van der Waals surface area contributed by atoms with E-state index in [2.05, 4.69) is 10.6 Å². The Kier molecular flexibility index (Phi) is 3.83. The molecule has 0 radical (unpaired) electrons. The molecule has 0 atom stereocenters. The molecule has 1 aromatic rings. The Morgan fingerprint density at radius 2 is 2.00 bits per heavy atom. The molecular formula is C11H14ClFN2O2. The van der Waals surface area contributed by atoms with Crippen molar-refractivity contribution in [2.75, 3.05) is 5.32 Å². The van der Waals surface area contributed by atoms with Gasteiger partial charge in [-0.25, -0.2) is 9.18 Å². The number of benzene rings is 1. The fourth-order valence-corrected chi connectivity index (χ4v) is 1.29. The number of hydrogen-bond acceptors (Lipinski definition) is 2. The predicted molar refractivity (Wildman–Crippen MR) is 65.0 cm³/mol. The number of carbonyl (C=O) groups excluding carboxylic acids is 1. The second-order valence-electron chi connectivity index (χ2n) is 4.61. The van der Waals surface area contributed by atoms with E-state index in [9.17, 15) is 9.18 Å². The van der Waals surface area contributed by atoms with E-state index < -0.39 is 17.4 Å². The van der Waals surface area contributed by atoms with Gasteiger partial charge < -0.3 is 15.7 Å². The molecule has 0 aliphatic heterocycles. The maximum atomic E-state index is 13.4. The highest BCUT2D eigenvalue weighted by atomic mass is 35.5. The quantitative estimate of drug-likeness (QED) is 0.680. The summed E-state index contributed by atoms with van der Waals surface area (Å²) in [5, 5.41) is 14.0. The lowest BCUT2D eigenvalue weighted by Crippen LogP contribution is -2.43. The monoisotopic (exact) mass is 260 g/mol. The minimum Gasteiger partial charge on any atom is -0.506 e. The SMILES string of the molecule is CC(C)(C)NC(=O)Nc1cc(Cl)c(O)cc1F. The molecule has 0 saturated heterocycles. The Morgan fingerprint density at radius 1 is 1.41 bits per heavy atom. The van der Waals surface area contributed by atoms with E-state index in [0.717, 1.165) is 12.1 Å². The average Bonchev–Trinajstić information content (AvgIpc) is 2.11. The van der Waals surface area contributed by atoms with Crippen LogP contribution in [0.15, 0.2) is 12.1 Å². The number of halogens is 2. The highest BCUT2D eigenvalue weighted by Crippen LogP contribution is 2.29. The van der Waals surface area contributed by atoms with Gasteiger partial charge in [0.1, 0.15) is 5.75 Å². The second kappa shape index (κ2) is 4.79. The summed E-state index contributed by atoms with van der Waals surface area (Å²) < 4.78 is 13.4. The minimum atomic E-state index is -0.754. The number of phenols is 1. The lowest BCUT2D eigenvalue weighted by atomic mass is 10.1. The van der Waals surface area contributed by atoms with Crippen LogP contribution in [0.4, 0.5) is 14.9 Å². The topological polar surface area (TPSA) is 61.4 Å². The van der Waals surface area contributed by atoms with Gasteiger partial charge in [-0.3, -0.25) is 0 Å². The molecule has 0 aliphatic carbocycles. The number of phenolic OH excluding ortho intramolecular Hbond substituents is 1. The van der Waals surface area contributed by atoms with Gasteiger partial charge in [-0.05, 0) is 26.8 Å². The highest BCUT2D eigenvalue weighted by molar-refractivity contribution is 6.32. The van der Waals surface area contributed by atoms with E-state index in [1.807, 2.05) is 0 Å². The van der Waals surface area contributed by atoms with Crippen LogP contribution in [0.1, 0.15) is 20.8 Å². The Morgan fingerprint density at radius 3 is 2.53 bits per heavy atom. The third kappa shape index (κ3) is 4.11. The van der Waals surface area contributed by atoms with Crippen LogP contribution in [-0.2, 0) is 0 Å². The van der Waals surface area contributed by atoms with E-state index in [1.54, 1.807) is 20.8 Å². The van der Waals surface area contributed by atoms with Crippen molar-refractivity contribution in [3.63, 3.8) is 0 Å². The van der Waals surface area contributed by atoms with Gasteiger partial charge in [-0.2, -0.15) is 0 Å². The molecule has 0 bridgehead atoms. The van der Waals surface area contributed by atoms with Crippen LogP contribution in [0.25, 0.3) is 0 Å². The highest BCUT2D eigenvalue weighted by Gasteiger charge is 2.15. The predicted octanol–water partition coefficient (Wildman–Crippen LogP) is 3.10. The summed E-state index contributed by atoms with van der Waals surface area (Å²) in [4.78, 5) is 11.5. The van der Waals surface area contributed by atoms with Crippen LogP contribution in [0, 0.1) is 5.82 Å². The molecule has 0 aromatic heterocycles. The molecule has 0 fully saturated rings. The molecule has 0 unspecified atom stereocenters. The van der Waals surface area contributed by atoms with Crippen LogP contribution >= 0.6 is 11.6 Å². The summed E-state index contributed by atoms with van der Waals surface area (Å²) in [6.45, 7) is 5.40. The van der Waals surface area contributed by atoms with Gasteiger partial charge in [0.2, 0.25) is 0 Å². The maximum absolute atomic E-state index is 13.4. The van der Waals surface area contributed by atoms with Crippen LogP contribution < -0.4 is 10.6 Å². The van der Waals surface area contributed by atoms with Crippen LogP contribution in [0.5, 0.6) is 5.75 Å². The molecule has 0 heterocycles. The average molecular weight is 261 g/mol. The molecule has 94 valence electrons. The van der Waals surface area contributed by atoms with Crippen molar-refractivity contribution >= 4 is 23.3 Å². The van der Waals surface area contributed by atoms with Gasteiger partial charge in [0.15, 0.2) is 5.82 Å². The van der Waals surface area contributed by atoms with Gasteiger partial charge in [-0.15, -0.1) is 0 Å². The normalized spacial score (nSPS) is 11.1. The molecule has 6 heteroatoms. The van der Waals surface area contributed by atoms with Gasteiger partial charge >= 0.3 is 6.03 Å². The van der Waals surface area contributed by atoms with Crippen molar-refractivity contribution in [3.8, 4) is 5.75 Å². The van der Waals surface area contributed by atoms with E-state index in [1.165, 1.54) is 0 Å². The minimum absolute atomic E-state index is 0.0301. The molecular weight excluding hydrogens is 247 g/mol. The maximum Gasteiger partial charge on any atom is 0.319 e. The van der Waals surface area contributed by atoms with E-state index in [4.69, 9.17) is 16.7 Å². The molecule has 0 spiro atoms. The first-order chi connectivity index (χ1) is 7.69. The van der Waals surface area contributed by atoms with Crippen LogP contribution in [-0.4, -0.2) is 16.7 Å². The van der Waals surface area contributed by atoms with Crippen molar-refractivity contribution in [1.82, 2.24) is 5.32 Å². The van der Waals surface area contributed by atoms with Gasteiger partial charge in [-0.1, -0.05) is 11.6 Å². The van der Waals surface area contributed by atoms with Crippen molar-refractivity contribution < 1.29 is 14.3 Å². The Bertz CT molecular complexity index is 444. The summed E-state index contributed by atoms with van der Waals surface area (Å²) in [5.41, 5.74) is -0.518. The van der Waals surface area contributed by atoms with E-state index >= 15 is 0 Å². The standard InChI is InChI=1S/C11H14ClFN2O2/c1-11(2,3)15-10(17)14-8-4-6(12)9(16)5-7(8)13/h4-5,16H,1-3H3,(H2,14,15,17). The number of hydrogen-bond donors (Lipinski definition) is 3. The zero-order valence-electron chi connectivity index (χ0n) is 9.77. The van der Waals surface area contributed by atoms with Crippen molar-refractivity contribution in [2.24, 2.45) is 0 Å². The van der Waals surface area contributed by atoms with Gasteiger partial charge in [0.25, 0.3) is 0 Å². The van der Waals surface area contributed by atoms with Gasteiger partial charge in [0, 0.05) is 11.6 Å². The number of carbonyl (C=O) groups is 1. The molecule has 0 aliphatic rings. The third-order valence-electron chi connectivity index (χ3n) is 1.77. The number of aromatic hydroxyl groups is 1. The van der Waals surface area contributed by atoms with Gasteiger partial charge in [0.05, 0.1) is 10.7 Å². The molecule has 2 amide bonds. The van der Waals surface area contributed by atoms with Crippen molar-refractivity contribution in [3.05, 3.63) is 23.0 Å². The number of anilines is 1. The summed E-state index contributed by atoms with van der Waals surface area (Å²) in [7, 11) is 0. The summed E-state index contributed by atoms with van der Waals surface area (Å²) in [6, 6.07) is 1.45. The lowest BCUT2D eigenvalue weighted by Gasteiger charge is -2.21. The lowest BCUT2D eigenvalue weighted by molar-refractivity contribution is 0.243.